The fourth-order valence-corrected chi connectivity index (χ4v) is 3.52. The molecule has 0 spiro atoms. The van der Waals surface area contributed by atoms with Gasteiger partial charge in [0.2, 0.25) is 0 Å². The molecule has 0 heterocycles. The van der Waals surface area contributed by atoms with E-state index in [1.165, 1.54) is 0 Å². The lowest BCUT2D eigenvalue weighted by atomic mass is 9.79. The third kappa shape index (κ3) is 2.40. The van der Waals surface area contributed by atoms with Gasteiger partial charge in [0, 0.05) is 0 Å². The molecule has 118 valence electrons. The SMILES string of the molecule is OC(CCC1(F)CC2CCC1C2)(C(F)(F)F)C(F)(F)F. The van der Waals surface area contributed by atoms with Crippen LogP contribution >= 0.6 is 0 Å². The number of hydrogen-bond acceptors (Lipinski definition) is 1. The topological polar surface area (TPSA) is 20.2 Å². The Kier molecular flexibility index (Phi) is 3.55. The summed E-state index contributed by atoms with van der Waals surface area (Å²) in [6.45, 7) is 0. The lowest BCUT2D eigenvalue weighted by Crippen LogP contribution is -2.57. The molecule has 2 aliphatic carbocycles. The van der Waals surface area contributed by atoms with Crippen molar-refractivity contribution in [1.29, 1.82) is 0 Å². The van der Waals surface area contributed by atoms with E-state index in [4.69, 9.17) is 5.11 Å². The van der Waals surface area contributed by atoms with E-state index in [9.17, 15) is 30.7 Å². The van der Waals surface area contributed by atoms with E-state index in [-0.39, 0.29) is 12.3 Å². The van der Waals surface area contributed by atoms with Crippen molar-refractivity contribution in [2.45, 2.75) is 62.1 Å². The molecule has 0 amide bonds. The van der Waals surface area contributed by atoms with Crippen LogP contribution in [-0.4, -0.2) is 28.7 Å². The van der Waals surface area contributed by atoms with Crippen LogP contribution in [0.25, 0.3) is 0 Å². The predicted octanol–water partition coefficient (Wildman–Crippen LogP) is 4.15. The maximum atomic E-state index is 14.5. The van der Waals surface area contributed by atoms with Crippen LogP contribution in [0.1, 0.15) is 38.5 Å². The second-order valence-electron chi connectivity index (χ2n) is 5.97. The van der Waals surface area contributed by atoms with E-state index < -0.39 is 42.4 Å². The van der Waals surface area contributed by atoms with Crippen LogP contribution in [0.2, 0.25) is 0 Å². The Morgan fingerprint density at radius 2 is 1.55 bits per heavy atom. The van der Waals surface area contributed by atoms with Gasteiger partial charge >= 0.3 is 12.4 Å². The summed E-state index contributed by atoms with van der Waals surface area (Å²) in [6, 6.07) is 0. The summed E-state index contributed by atoms with van der Waals surface area (Å²) in [5.74, 6) is -0.423. The Morgan fingerprint density at radius 1 is 1.00 bits per heavy atom. The van der Waals surface area contributed by atoms with Gasteiger partial charge in [-0.05, 0) is 50.4 Å². The van der Waals surface area contributed by atoms with Crippen molar-refractivity contribution in [3.8, 4) is 0 Å². The van der Waals surface area contributed by atoms with Crippen LogP contribution in [0.3, 0.4) is 0 Å². The minimum atomic E-state index is -5.86. The number of halogens is 7. The Morgan fingerprint density at radius 3 is 1.90 bits per heavy atom. The first-order valence-electron chi connectivity index (χ1n) is 6.44. The lowest BCUT2D eigenvalue weighted by molar-refractivity contribution is -0.371. The Bertz CT molecular complexity index is 361. The highest BCUT2D eigenvalue weighted by atomic mass is 19.4. The van der Waals surface area contributed by atoms with Crippen LogP contribution < -0.4 is 0 Å². The van der Waals surface area contributed by atoms with Gasteiger partial charge in [0.25, 0.3) is 5.60 Å². The molecule has 0 aromatic carbocycles. The van der Waals surface area contributed by atoms with Crippen LogP contribution in [-0.2, 0) is 0 Å². The molecule has 2 aliphatic rings. The third-order valence-corrected chi connectivity index (χ3v) is 4.74. The lowest BCUT2D eigenvalue weighted by Gasteiger charge is -2.36. The minimum Gasteiger partial charge on any atom is -0.374 e. The van der Waals surface area contributed by atoms with Gasteiger partial charge in [-0.25, -0.2) is 4.39 Å². The van der Waals surface area contributed by atoms with Crippen molar-refractivity contribution < 1.29 is 35.8 Å². The molecular weight excluding hydrogens is 293 g/mol. The van der Waals surface area contributed by atoms with E-state index in [1.807, 2.05) is 0 Å². The summed E-state index contributed by atoms with van der Waals surface area (Å²) < 4.78 is 89.4. The molecule has 0 aromatic heterocycles. The van der Waals surface area contributed by atoms with Crippen molar-refractivity contribution in [2.75, 3.05) is 0 Å². The van der Waals surface area contributed by atoms with Crippen molar-refractivity contribution in [3.63, 3.8) is 0 Å². The highest BCUT2D eigenvalue weighted by molar-refractivity contribution is 5.04. The molecule has 0 radical (unpaired) electrons. The van der Waals surface area contributed by atoms with Gasteiger partial charge in [-0.1, -0.05) is 0 Å². The summed E-state index contributed by atoms with van der Waals surface area (Å²) >= 11 is 0. The molecule has 2 fully saturated rings. The first-order chi connectivity index (χ1) is 8.89. The highest BCUT2D eigenvalue weighted by Crippen LogP contribution is 2.56. The second-order valence-corrected chi connectivity index (χ2v) is 5.97. The molecule has 2 rings (SSSR count). The fraction of sp³-hybridized carbons (Fsp3) is 1.00. The van der Waals surface area contributed by atoms with E-state index in [0.717, 1.165) is 6.42 Å². The molecule has 0 aliphatic heterocycles. The summed E-state index contributed by atoms with van der Waals surface area (Å²) in [5, 5.41) is 9.01. The van der Waals surface area contributed by atoms with Crippen molar-refractivity contribution in [2.24, 2.45) is 11.8 Å². The van der Waals surface area contributed by atoms with Gasteiger partial charge in [-0.2, -0.15) is 26.3 Å². The summed E-state index contributed by atoms with van der Waals surface area (Å²) in [6.07, 6.45) is -12.5. The van der Waals surface area contributed by atoms with E-state index in [2.05, 4.69) is 0 Å². The van der Waals surface area contributed by atoms with Crippen LogP contribution in [0, 0.1) is 11.8 Å². The number of fused-ring (bicyclic) bond motifs is 2. The van der Waals surface area contributed by atoms with Crippen molar-refractivity contribution in [3.05, 3.63) is 0 Å². The zero-order valence-electron chi connectivity index (χ0n) is 10.5. The van der Waals surface area contributed by atoms with Crippen molar-refractivity contribution in [1.82, 2.24) is 0 Å². The summed E-state index contributed by atoms with van der Waals surface area (Å²) in [7, 11) is 0. The van der Waals surface area contributed by atoms with Crippen LogP contribution in [0.15, 0.2) is 0 Å². The van der Waals surface area contributed by atoms with E-state index >= 15 is 0 Å². The monoisotopic (exact) mass is 308 g/mol. The third-order valence-electron chi connectivity index (χ3n) is 4.74. The maximum absolute atomic E-state index is 14.5. The minimum absolute atomic E-state index is 0.00343. The predicted molar refractivity (Wildman–Crippen MR) is 55.6 cm³/mol. The normalized spacial score (nSPS) is 34.8. The Balaban J connectivity index is 2.11. The maximum Gasteiger partial charge on any atom is 0.426 e. The summed E-state index contributed by atoms with van der Waals surface area (Å²) in [5.41, 5.74) is -6.84. The van der Waals surface area contributed by atoms with Gasteiger partial charge in [-0.15, -0.1) is 0 Å². The molecule has 2 saturated carbocycles. The zero-order chi connectivity index (χ0) is 15.4. The van der Waals surface area contributed by atoms with Crippen LogP contribution in [0.4, 0.5) is 30.7 Å². The molecule has 8 heteroatoms. The van der Waals surface area contributed by atoms with Crippen molar-refractivity contribution >= 4 is 0 Å². The molecule has 20 heavy (non-hydrogen) atoms. The molecule has 2 bridgehead atoms. The average Bonchev–Trinajstić information content (AvgIpc) is 2.82. The Hall–Kier alpha value is -0.530. The van der Waals surface area contributed by atoms with E-state index in [1.54, 1.807) is 0 Å². The van der Waals surface area contributed by atoms with Gasteiger partial charge in [0.05, 0.1) is 0 Å². The Labute approximate surface area is 111 Å². The number of aliphatic hydroxyl groups is 1. The number of hydrogen-bond donors (Lipinski definition) is 1. The molecule has 1 nitrogen and oxygen atoms in total. The standard InChI is InChI=1S/C12H15F7O/c13-9(6-7-1-2-8(9)5-7)3-4-10(20,11(14,15)16)12(17,18)19/h7-8,20H,1-6H2. The number of rotatable bonds is 3. The molecule has 0 saturated heterocycles. The molecule has 0 aromatic rings. The fourth-order valence-electron chi connectivity index (χ4n) is 3.52. The largest absolute Gasteiger partial charge is 0.426 e. The van der Waals surface area contributed by atoms with Gasteiger partial charge in [0.15, 0.2) is 0 Å². The van der Waals surface area contributed by atoms with E-state index in [0.29, 0.717) is 12.8 Å². The quantitative estimate of drug-likeness (QED) is 0.777. The second kappa shape index (κ2) is 4.48. The van der Waals surface area contributed by atoms with Gasteiger partial charge in [0.1, 0.15) is 5.67 Å². The van der Waals surface area contributed by atoms with Gasteiger partial charge in [-0.3, -0.25) is 0 Å². The highest BCUT2D eigenvalue weighted by Gasteiger charge is 2.70. The zero-order valence-corrected chi connectivity index (χ0v) is 10.5. The molecule has 3 unspecified atom stereocenters. The van der Waals surface area contributed by atoms with Crippen LogP contribution in [0.5, 0.6) is 0 Å². The average molecular weight is 308 g/mol. The first-order valence-corrected chi connectivity index (χ1v) is 6.44. The summed E-state index contributed by atoms with van der Waals surface area (Å²) in [4.78, 5) is 0. The molecule has 1 N–H and O–H groups in total. The first kappa shape index (κ1) is 15.9. The smallest absolute Gasteiger partial charge is 0.374 e. The molecule has 3 atom stereocenters. The number of alkyl halides is 7. The van der Waals surface area contributed by atoms with Gasteiger partial charge < -0.3 is 5.11 Å². The molecular formula is C12H15F7O.